The number of carbonyl (C=O) groups excluding carboxylic acids is 6. The first-order valence-electron chi connectivity index (χ1n) is 23.4. The summed E-state index contributed by atoms with van der Waals surface area (Å²) in [4.78, 5) is 102. The van der Waals surface area contributed by atoms with Gasteiger partial charge in [0.1, 0.15) is 42.0 Å². The van der Waals surface area contributed by atoms with E-state index in [1.807, 2.05) is 54.6 Å². The minimum atomic E-state index is -1.31. The van der Waals surface area contributed by atoms with Gasteiger partial charge in [-0.3, -0.25) is 28.8 Å². The molecule has 18 heteroatoms. The molecule has 4 aromatic carbocycles. The van der Waals surface area contributed by atoms with E-state index in [0.29, 0.717) is 47.3 Å². The van der Waals surface area contributed by atoms with Crippen LogP contribution in [0.2, 0.25) is 0 Å². The molecule has 1 saturated heterocycles. The first-order valence-corrected chi connectivity index (χ1v) is 23.4. The Kier molecular flexibility index (Phi) is 15.6. The minimum Gasteiger partial charge on any atom is -0.508 e. The number of fused-ring (bicyclic) bond motifs is 2. The SMILES string of the molecule is NCCCC[C@@H]1NC(=O)[C@@H](Cc2c[nH]c3ccccc23)NC(=O)[C@H](Cc2cnc[nH]2)NC(=O)[C@@H](Cc2ccccc2)NC(=O)[C@H](Cc2c[nH]c3ccccc23)NC(=O)[C@@H](Cc2ccc(O)cc2)NC1=O. The van der Waals surface area contributed by atoms with E-state index >= 15 is 0 Å². The highest BCUT2D eigenvalue weighted by Gasteiger charge is 2.36. The number of aromatic nitrogens is 4. The number of phenols is 1. The van der Waals surface area contributed by atoms with Crippen LogP contribution in [0.4, 0.5) is 0 Å². The molecular weight excluding hydrogens is 891 g/mol. The zero-order chi connectivity index (χ0) is 49.0. The second-order valence-corrected chi connectivity index (χ2v) is 17.6. The summed E-state index contributed by atoms with van der Waals surface area (Å²) in [5.41, 5.74) is 10.7. The third kappa shape index (κ3) is 12.3. The van der Waals surface area contributed by atoms with Crippen molar-refractivity contribution in [2.45, 2.75) is 87.6 Å². The molecule has 3 aromatic heterocycles. The third-order valence-corrected chi connectivity index (χ3v) is 12.6. The fraction of sp³-hybridized carbons (Fsp3) is 0.288. The van der Waals surface area contributed by atoms with Crippen LogP contribution in [-0.4, -0.2) is 103 Å². The molecule has 70 heavy (non-hydrogen) atoms. The number of para-hydroxylation sites is 2. The van der Waals surface area contributed by atoms with Crippen molar-refractivity contribution in [3.8, 4) is 5.75 Å². The molecule has 1 fully saturated rings. The van der Waals surface area contributed by atoms with Crippen LogP contribution in [-0.2, 0) is 60.9 Å². The lowest BCUT2D eigenvalue weighted by molar-refractivity contribution is -0.136. The predicted molar refractivity (Wildman–Crippen MR) is 263 cm³/mol. The summed E-state index contributed by atoms with van der Waals surface area (Å²) in [6.45, 7) is 0.322. The molecular formula is C52H57N11O7. The van der Waals surface area contributed by atoms with Crippen molar-refractivity contribution in [1.82, 2.24) is 51.8 Å². The Bertz CT molecular complexity index is 2920. The average molecular weight is 948 g/mol. The van der Waals surface area contributed by atoms with Gasteiger partial charge in [-0.1, -0.05) is 78.9 Å². The number of unbranched alkanes of at least 4 members (excludes halogenated alkanes) is 1. The van der Waals surface area contributed by atoms with Crippen LogP contribution >= 0.6 is 0 Å². The number of H-pyrrole nitrogens is 3. The van der Waals surface area contributed by atoms with E-state index in [0.717, 1.165) is 21.8 Å². The number of nitrogens with two attached hydrogens (primary N) is 1. The van der Waals surface area contributed by atoms with Crippen LogP contribution in [0.15, 0.2) is 128 Å². The van der Waals surface area contributed by atoms with Gasteiger partial charge in [-0.2, -0.15) is 0 Å². The smallest absolute Gasteiger partial charge is 0.243 e. The second kappa shape index (κ2) is 22.7. The summed E-state index contributed by atoms with van der Waals surface area (Å²) in [6.07, 6.45) is 7.35. The van der Waals surface area contributed by atoms with Gasteiger partial charge < -0.3 is 57.7 Å². The van der Waals surface area contributed by atoms with Crippen molar-refractivity contribution in [2.24, 2.45) is 5.73 Å². The Labute approximate surface area is 403 Å². The average Bonchev–Trinajstić information content (AvgIpc) is 4.14. The van der Waals surface area contributed by atoms with E-state index in [4.69, 9.17) is 5.73 Å². The van der Waals surface area contributed by atoms with Gasteiger partial charge in [0.25, 0.3) is 0 Å². The number of nitrogens with zero attached hydrogens (tertiary/aromatic N) is 1. The van der Waals surface area contributed by atoms with Crippen LogP contribution in [0.25, 0.3) is 21.8 Å². The molecule has 8 rings (SSSR count). The van der Waals surface area contributed by atoms with Crippen LogP contribution in [0.3, 0.4) is 0 Å². The molecule has 6 atom stereocenters. The Hall–Kier alpha value is -8.25. The zero-order valence-electron chi connectivity index (χ0n) is 38.4. The van der Waals surface area contributed by atoms with Gasteiger partial charge in [-0.05, 0) is 72.3 Å². The first kappa shape index (κ1) is 48.2. The van der Waals surface area contributed by atoms with Crippen LogP contribution < -0.4 is 37.6 Å². The standard InChI is InChI=1S/C52H57N11O7/c53-21-9-8-16-41-47(65)59-43(23-32-17-19-36(64)20-18-32)48(66)61-45(25-34-28-56-40-15-7-5-13-38(34)40)51(69)60-42(22-31-10-2-1-3-11-31)49(67)63-46(26-35-29-54-30-57-35)52(70)62-44(50(68)58-41)24-33-27-55-39-14-6-4-12-37(33)39/h1-7,10-15,17-20,27-30,41-46,55-56,64H,8-9,16,21-26,53H2,(H,54,57)(H,58,68)(H,59,65)(H,60,69)(H,61,66)(H,62,70)(H,63,67)/t41-,42+,43+,44+,45-,46-/m0/s1. The number of nitrogens with one attached hydrogen (secondary N) is 9. The Morgan fingerprint density at radius 2 is 0.886 bits per heavy atom. The lowest BCUT2D eigenvalue weighted by atomic mass is 9.99. The number of benzene rings is 4. The van der Waals surface area contributed by atoms with E-state index in [-0.39, 0.29) is 44.3 Å². The lowest BCUT2D eigenvalue weighted by Crippen LogP contribution is -2.62. The van der Waals surface area contributed by atoms with Crippen molar-refractivity contribution < 1.29 is 33.9 Å². The van der Waals surface area contributed by atoms with Crippen molar-refractivity contribution in [1.29, 1.82) is 0 Å². The normalized spacial score (nSPS) is 20.9. The Balaban J connectivity index is 1.21. The van der Waals surface area contributed by atoms with Gasteiger partial charge in [0.15, 0.2) is 0 Å². The number of imidazole rings is 1. The van der Waals surface area contributed by atoms with Crippen LogP contribution in [0.1, 0.15) is 47.2 Å². The summed E-state index contributed by atoms with van der Waals surface area (Å²) < 4.78 is 0. The predicted octanol–water partition coefficient (Wildman–Crippen LogP) is 2.64. The number of hydrogen-bond acceptors (Lipinski definition) is 9. The fourth-order valence-corrected chi connectivity index (χ4v) is 8.82. The highest BCUT2D eigenvalue weighted by atomic mass is 16.3. The minimum absolute atomic E-state index is 0.00123. The molecule has 0 aliphatic carbocycles. The monoisotopic (exact) mass is 947 g/mol. The second-order valence-electron chi connectivity index (χ2n) is 17.6. The molecule has 4 heterocycles. The quantitative estimate of drug-likeness (QED) is 0.0714. The van der Waals surface area contributed by atoms with E-state index < -0.39 is 71.7 Å². The lowest BCUT2D eigenvalue weighted by Gasteiger charge is -2.29. The summed E-state index contributed by atoms with van der Waals surface area (Å²) in [6, 6.07) is 22.5. The molecule has 0 radical (unpaired) electrons. The zero-order valence-corrected chi connectivity index (χ0v) is 38.4. The van der Waals surface area contributed by atoms with E-state index in [9.17, 15) is 33.9 Å². The van der Waals surface area contributed by atoms with Gasteiger partial charge in [0.05, 0.1) is 6.33 Å². The van der Waals surface area contributed by atoms with Crippen LogP contribution in [0, 0.1) is 0 Å². The maximum Gasteiger partial charge on any atom is 0.243 e. The van der Waals surface area contributed by atoms with E-state index in [1.165, 1.54) is 24.7 Å². The van der Waals surface area contributed by atoms with Gasteiger partial charge in [-0.15, -0.1) is 0 Å². The number of aromatic hydroxyl groups is 1. The molecule has 0 spiro atoms. The maximum atomic E-state index is 14.9. The molecule has 18 nitrogen and oxygen atoms in total. The maximum absolute atomic E-state index is 14.9. The summed E-state index contributed by atoms with van der Waals surface area (Å²) in [5, 5.41) is 29.0. The molecule has 362 valence electrons. The molecule has 6 amide bonds. The van der Waals surface area contributed by atoms with Gasteiger partial charge in [0, 0.05) is 78.2 Å². The Morgan fingerprint density at radius 1 is 0.457 bits per heavy atom. The number of hydrogen-bond donors (Lipinski definition) is 11. The number of phenolic OH excluding ortho intramolecular Hbond substituents is 1. The molecule has 1 aliphatic heterocycles. The molecule has 12 N–H and O–H groups in total. The van der Waals surface area contributed by atoms with Crippen molar-refractivity contribution in [2.75, 3.05) is 6.54 Å². The molecule has 0 bridgehead atoms. The molecule has 7 aromatic rings. The molecule has 0 saturated carbocycles. The number of aromatic amines is 3. The Morgan fingerprint density at radius 3 is 1.37 bits per heavy atom. The first-order chi connectivity index (χ1) is 34.0. The van der Waals surface area contributed by atoms with Gasteiger partial charge in [-0.25, -0.2) is 4.98 Å². The summed E-state index contributed by atoms with van der Waals surface area (Å²) in [7, 11) is 0. The van der Waals surface area contributed by atoms with Gasteiger partial charge in [0.2, 0.25) is 35.4 Å². The molecule has 1 aliphatic rings. The topological polar surface area (TPSA) is 281 Å². The summed E-state index contributed by atoms with van der Waals surface area (Å²) >= 11 is 0. The summed E-state index contributed by atoms with van der Waals surface area (Å²) in [5.74, 6) is -4.22. The third-order valence-electron chi connectivity index (χ3n) is 12.6. The van der Waals surface area contributed by atoms with E-state index in [2.05, 4.69) is 51.8 Å². The van der Waals surface area contributed by atoms with Crippen LogP contribution in [0.5, 0.6) is 5.75 Å². The highest BCUT2D eigenvalue weighted by Crippen LogP contribution is 2.22. The molecule has 0 unspecified atom stereocenters. The number of rotatable bonds is 14. The van der Waals surface area contributed by atoms with Gasteiger partial charge >= 0.3 is 0 Å². The largest absolute Gasteiger partial charge is 0.508 e. The number of amides is 6. The van der Waals surface area contributed by atoms with E-state index in [1.54, 1.807) is 48.8 Å². The van der Waals surface area contributed by atoms with Crippen molar-refractivity contribution >= 4 is 57.2 Å². The van der Waals surface area contributed by atoms with Crippen molar-refractivity contribution in [3.05, 3.63) is 156 Å². The fourth-order valence-electron chi connectivity index (χ4n) is 8.82. The highest BCUT2D eigenvalue weighted by molar-refractivity contribution is 5.99. The number of carbonyl (C=O) groups is 6. The van der Waals surface area contributed by atoms with Crippen molar-refractivity contribution in [3.63, 3.8) is 0 Å².